The van der Waals surface area contributed by atoms with Gasteiger partial charge in [-0.3, -0.25) is 0 Å². The Hall–Kier alpha value is -4.96. The molecule has 0 bridgehead atoms. The molecule has 0 spiro atoms. The van der Waals surface area contributed by atoms with Gasteiger partial charge < -0.3 is 9.31 Å². The lowest BCUT2D eigenvalue weighted by Crippen LogP contribution is -2.41. The van der Waals surface area contributed by atoms with Crippen LogP contribution in [0.15, 0.2) is 152 Å². The van der Waals surface area contributed by atoms with Crippen LogP contribution in [0.3, 0.4) is 0 Å². The third-order valence-corrected chi connectivity index (χ3v) is 10.1. The molecule has 1 heterocycles. The van der Waals surface area contributed by atoms with Crippen LogP contribution in [0.1, 0.15) is 27.7 Å². The quantitative estimate of drug-likeness (QED) is 0.181. The highest BCUT2D eigenvalue weighted by atomic mass is 16.7. The second-order valence-corrected chi connectivity index (χ2v) is 13.6. The Morgan fingerprint density at radius 1 is 0.383 bits per heavy atom. The van der Waals surface area contributed by atoms with Crippen molar-refractivity contribution >= 4 is 34.1 Å². The van der Waals surface area contributed by atoms with Crippen molar-refractivity contribution in [3.63, 3.8) is 0 Å². The maximum Gasteiger partial charge on any atom is 0.494 e. The minimum atomic E-state index is -0.382. The number of hydrogen-bond acceptors (Lipinski definition) is 2. The second kappa shape index (κ2) is 11.4. The average Bonchev–Trinajstić information content (AvgIpc) is 3.33. The molecule has 0 aliphatic carbocycles. The first-order chi connectivity index (χ1) is 22.8. The molecule has 0 unspecified atom stereocenters. The van der Waals surface area contributed by atoms with Crippen LogP contribution in [0.25, 0.3) is 66.1 Å². The smallest absolute Gasteiger partial charge is 0.399 e. The first kappa shape index (κ1) is 29.4. The maximum absolute atomic E-state index is 6.34. The first-order valence-electron chi connectivity index (χ1n) is 16.4. The van der Waals surface area contributed by atoms with Gasteiger partial charge in [0.2, 0.25) is 0 Å². The molecule has 3 heteroatoms. The van der Waals surface area contributed by atoms with Gasteiger partial charge in [-0.2, -0.15) is 0 Å². The zero-order chi connectivity index (χ0) is 32.2. The normalized spacial score (nSPS) is 15.4. The SMILES string of the molecule is CC1(C)OB(c2cccc(-c3cccc(-c4ccc5cc(-c6ccccc6-c6cccc7ccccc67)ccc5c4)c3)c2)OC1(C)C. The molecule has 7 aromatic rings. The van der Waals surface area contributed by atoms with E-state index in [1.54, 1.807) is 0 Å². The molecule has 1 fully saturated rings. The fourth-order valence-corrected chi connectivity index (χ4v) is 6.75. The molecule has 7 aromatic carbocycles. The van der Waals surface area contributed by atoms with E-state index in [2.05, 4.69) is 179 Å². The van der Waals surface area contributed by atoms with Crippen LogP contribution >= 0.6 is 0 Å². The third-order valence-electron chi connectivity index (χ3n) is 10.1. The zero-order valence-electron chi connectivity index (χ0n) is 27.3. The minimum absolute atomic E-state index is 0.370. The molecule has 0 N–H and O–H groups in total. The summed E-state index contributed by atoms with van der Waals surface area (Å²) < 4.78 is 12.7. The lowest BCUT2D eigenvalue weighted by atomic mass is 9.78. The van der Waals surface area contributed by atoms with Crippen LogP contribution in [0.5, 0.6) is 0 Å². The maximum atomic E-state index is 6.34. The van der Waals surface area contributed by atoms with E-state index in [1.165, 1.54) is 60.5 Å². The lowest BCUT2D eigenvalue weighted by molar-refractivity contribution is 0.00578. The minimum Gasteiger partial charge on any atom is -0.399 e. The van der Waals surface area contributed by atoms with Gasteiger partial charge in [0.15, 0.2) is 0 Å². The summed E-state index contributed by atoms with van der Waals surface area (Å²) in [7, 11) is -0.382. The van der Waals surface area contributed by atoms with Crippen molar-refractivity contribution in [2.24, 2.45) is 0 Å². The highest BCUT2D eigenvalue weighted by Crippen LogP contribution is 2.39. The Bertz CT molecular complexity index is 2260. The monoisotopic (exact) mass is 608 g/mol. The van der Waals surface area contributed by atoms with E-state index in [0.717, 1.165) is 11.0 Å². The summed E-state index contributed by atoms with van der Waals surface area (Å²) in [5.41, 5.74) is 9.97. The molecule has 1 aliphatic heterocycles. The van der Waals surface area contributed by atoms with E-state index < -0.39 is 0 Å². The highest BCUT2D eigenvalue weighted by Gasteiger charge is 2.51. The summed E-state index contributed by atoms with van der Waals surface area (Å²) in [6.45, 7) is 8.37. The molecule has 1 saturated heterocycles. The van der Waals surface area contributed by atoms with Crippen molar-refractivity contribution in [3.05, 3.63) is 152 Å². The Kier molecular flexibility index (Phi) is 7.13. The summed E-state index contributed by atoms with van der Waals surface area (Å²) in [6.07, 6.45) is 0. The van der Waals surface area contributed by atoms with E-state index in [4.69, 9.17) is 9.31 Å². The van der Waals surface area contributed by atoms with Crippen LogP contribution in [0.4, 0.5) is 0 Å². The van der Waals surface area contributed by atoms with E-state index in [1.807, 2.05) is 0 Å². The van der Waals surface area contributed by atoms with E-state index in [0.29, 0.717) is 0 Å². The average molecular weight is 609 g/mol. The molecule has 0 atom stereocenters. The lowest BCUT2D eigenvalue weighted by Gasteiger charge is -2.32. The molecule has 0 radical (unpaired) electrons. The molecule has 8 rings (SSSR count). The van der Waals surface area contributed by atoms with Gasteiger partial charge in [-0.25, -0.2) is 0 Å². The summed E-state index contributed by atoms with van der Waals surface area (Å²) in [4.78, 5) is 0. The van der Waals surface area contributed by atoms with Crippen LogP contribution in [-0.2, 0) is 9.31 Å². The van der Waals surface area contributed by atoms with Crippen LogP contribution in [0.2, 0.25) is 0 Å². The first-order valence-corrected chi connectivity index (χ1v) is 16.4. The largest absolute Gasteiger partial charge is 0.494 e. The van der Waals surface area contributed by atoms with Gasteiger partial charge in [0, 0.05) is 0 Å². The van der Waals surface area contributed by atoms with Crippen molar-refractivity contribution in [1.82, 2.24) is 0 Å². The van der Waals surface area contributed by atoms with Crippen molar-refractivity contribution in [3.8, 4) is 44.5 Å². The van der Waals surface area contributed by atoms with Crippen molar-refractivity contribution in [2.75, 3.05) is 0 Å². The molecule has 0 saturated carbocycles. The molecular formula is C44H37BO2. The van der Waals surface area contributed by atoms with Gasteiger partial charge in [-0.1, -0.05) is 133 Å². The molecule has 228 valence electrons. The summed E-state index contributed by atoms with van der Waals surface area (Å²) in [6, 6.07) is 54.9. The van der Waals surface area contributed by atoms with Gasteiger partial charge >= 0.3 is 7.12 Å². The zero-order valence-corrected chi connectivity index (χ0v) is 27.3. The molecule has 1 aliphatic rings. The number of hydrogen-bond donors (Lipinski definition) is 0. The molecular weight excluding hydrogens is 571 g/mol. The van der Waals surface area contributed by atoms with Crippen LogP contribution in [-0.4, -0.2) is 18.3 Å². The van der Waals surface area contributed by atoms with Crippen LogP contribution in [0, 0.1) is 0 Å². The molecule has 0 aromatic heterocycles. The number of benzene rings is 7. The fourth-order valence-electron chi connectivity index (χ4n) is 6.75. The third kappa shape index (κ3) is 5.36. The molecule has 47 heavy (non-hydrogen) atoms. The highest BCUT2D eigenvalue weighted by molar-refractivity contribution is 6.62. The molecule has 2 nitrogen and oxygen atoms in total. The Balaban J connectivity index is 1.11. The predicted molar refractivity (Wildman–Crippen MR) is 199 cm³/mol. The van der Waals surface area contributed by atoms with Gasteiger partial charge in [0.05, 0.1) is 11.2 Å². The standard InChI is InChI=1S/C44H37BO2/c1-43(2)44(3,4)47-45(46-43)38-17-10-16-33(29-38)31-14-9-15-32(26-31)34-22-23-36-28-37(25-24-35(36)27-34)40-19-7-8-20-41(40)42-21-11-13-30-12-5-6-18-39(30)42/h5-29H,1-4H3. The van der Waals surface area contributed by atoms with Crippen molar-refractivity contribution < 1.29 is 9.31 Å². The van der Waals surface area contributed by atoms with Gasteiger partial charge in [-0.15, -0.1) is 0 Å². The predicted octanol–water partition coefficient (Wildman–Crippen LogP) is 11.0. The Morgan fingerprint density at radius 3 is 1.64 bits per heavy atom. The number of rotatable bonds is 5. The summed E-state index contributed by atoms with van der Waals surface area (Å²) in [5.74, 6) is 0. The van der Waals surface area contributed by atoms with E-state index in [-0.39, 0.29) is 18.3 Å². The van der Waals surface area contributed by atoms with E-state index in [9.17, 15) is 0 Å². The fraction of sp³-hybridized carbons (Fsp3) is 0.136. The number of fused-ring (bicyclic) bond motifs is 2. The second-order valence-electron chi connectivity index (χ2n) is 13.6. The summed E-state index contributed by atoms with van der Waals surface area (Å²) >= 11 is 0. The van der Waals surface area contributed by atoms with Crippen LogP contribution < -0.4 is 5.46 Å². The van der Waals surface area contributed by atoms with E-state index >= 15 is 0 Å². The van der Waals surface area contributed by atoms with Gasteiger partial charge in [0.1, 0.15) is 0 Å². The summed E-state index contributed by atoms with van der Waals surface area (Å²) in [5, 5.41) is 4.98. The van der Waals surface area contributed by atoms with Gasteiger partial charge in [-0.05, 0) is 117 Å². The van der Waals surface area contributed by atoms with Crippen molar-refractivity contribution in [1.29, 1.82) is 0 Å². The Morgan fingerprint density at radius 2 is 0.894 bits per heavy atom. The molecule has 0 amide bonds. The van der Waals surface area contributed by atoms with Crippen molar-refractivity contribution in [2.45, 2.75) is 38.9 Å². The van der Waals surface area contributed by atoms with Gasteiger partial charge in [0.25, 0.3) is 0 Å². The Labute approximate surface area is 277 Å². The topological polar surface area (TPSA) is 18.5 Å².